The van der Waals surface area contributed by atoms with Gasteiger partial charge in [-0.25, -0.2) is 5.48 Å². The highest BCUT2D eigenvalue weighted by atomic mass is 32.1. The van der Waals surface area contributed by atoms with Crippen LogP contribution in [-0.4, -0.2) is 22.0 Å². The van der Waals surface area contributed by atoms with Crippen molar-refractivity contribution in [3.63, 3.8) is 0 Å². The molecule has 0 radical (unpaired) electrons. The fourth-order valence-corrected chi connectivity index (χ4v) is 4.94. The number of hydrogen-bond acceptors (Lipinski definition) is 3. The summed E-state index contributed by atoms with van der Waals surface area (Å²) < 4.78 is 0.619. The number of hydroxylamine groups is 1. The Hall–Kier alpha value is -0.330. The molecule has 0 atom stereocenters. The van der Waals surface area contributed by atoms with E-state index in [0.29, 0.717) is 10.7 Å². The van der Waals surface area contributed by atoms with Crippen LogP contribution in [0.25, 0.3) is 0 Å². The van der Waals surface area contributed by atoms with E-state index in [-0.39, 0.29) is 5.91 Å². The molecule has 3 N–H and O–H groups in total. The summed E-state index contributed by atoms with van der Waals surface area (Å²) in [5.41, 5.74) is 1.69. The summed E-state index contributed by atoms with van der Waals surface area (Å²) in [4.78, 5) is 10.9. The van der Waals surface area contributed by atoms with E-state index in [1.165, 1.54) is 148 Å². The van der Waals surface area contributed by atoms with E-state index in [2.05, 4.69) is 17.9 Å². The lowest BCUT2D eigenvalue weighted by Gasteiger charge is -2.05. The maximum absolute atomic E-state index is 10.9. The average molecular weight is 531 g/mol. The molecule has 1 amide bonds. The van der Waals surface area contributed by atoms with Gasteiger partial charge in [0.1, 0.15) is 4.32 Å². The fourth-order valence-electron chi connectivity index (χ4n) is 4.73. The van der Waals surface area contributed by atoms with Crippen molar-refractivity contribution < 1.29 is 10.0 Å². The summed E-state index contributed by atoms with van der Waals surface area (Å²) in [5, 5.41) is 11.5. The number of unbranched alkanes of at least 4 members (excludes halogenated alkanes) is 24. The Kier molecular flexibility index (Phi) is 29.6. The Labute approximate surface area is 228 Å². The maximum atomic E-state index is 10.9. The van der Waals surface area contributed by atoms with Crippen LogP contribution in [0.4, 0.5) is 0 Å². The van der Waals surface area contributed by atoms with E-state index in [9.17, 15) is 4.79 Å². The van der Waals surface area contributed by atoms with Crippen molar-refractivity contribution in [2.45, 2.75) is 167 Å². The number of carbonyl (C=O) groups excluding carboxylic acids is 1. The second kappa shape index (κ2) is 29.9. The summed E-state index contributed by atoms with van der Waals surface area (Å²) >= 11 is 8.96. The van der Waals surface area contributed by atoms with Gasteiger partial charge < -0.3 is 5.32 Å². The third-order valence-corrected chi connectivity index (χ3v) is 7.28. The summed E-state index contributed by atoms with van der Waals surface area (Å²) in [6.45, 7) is 0.975. The van der Waals surface area contributed by atoms with Crippen LogP contribution in [0.3, 0.4) is 0 Å². The number of hydrogen-bond donors (Lipinski definition) is 4. The summed E-state index contributed by atoms with van der Waals surface area (Å²) in [6.07, 6.45) is 34.3. The molecule has 0 aromatic heterocycles. The molecule has 0 fully saturated rings. The Balaban J connectivity index is 3.04. The van der Waals surface area contributed by atoms with Gasteiger partial charge in [0.25, 0.3) is 0 Å². The third kappa shape index (κ3) is 31.6. The van der Waals surface area contributed by atoms with Crippen LogP contribution in [0.2, 0.25) is 0 Å². The van der Waals surface area contributed by atoms with E-state index < -0.39 is 0 Å². The molecule has 4 nitrogen and oxygen atoms in total. The van der Waals surface area contributed by atoms with Crippen molar-refractivity contribution in [1.82, 2.24) is 10.8 Å². The number of nitrogens with one attached hydrogen (secondary N) is 2. The van der Waals surface area contributed by atoms with Crippen molar-refractivity contribution >= 4 is 35.1 Å². The van der Waals surface area contributed by atoms with Gasteiger partial charge in [0.2, 0.25) is 5.91 Å². The van der Waals surface area contributed by atoms with Crippen molar-refractivity contribution in [3.05, 3.63) is 0 Å². The van der Waals surface area contributed by atoms with Gasteiger partial charge in [-0.15, -0.1) is 12.6 Å². The molecule has 0 aliphatic heterocycles. The van der Waals surface area contributed by atoms with E-state index in [1.54, 1.807) is 5.48 Å². The monoisotopic (exact) mass is 530 g/mol. The predicted octanol–water partition coefficient (Wildman–Crippen LogP) is 9.44. The van der Waals surface area contributed by atoms with Crippen LogP contribution in [0.1, 0.15) is 167 Å². The molecular weight excluding hydrogens is 472 g/mol. The molecule has 208 valence electrons. The van der Waals surface area contributed by atoms with Crippen LogP contribution in [0, 0.1) is 0 Å². The van der Waals surface area contributed by atoms with Gasteiger partial charge in [-0.2, -0.15) is 0 Å². The van der Waals surface area contributed by atoms with Crippen molar-refractivity contribution in [1.29, 1.82) is 0 Å². The first-order valence-corrected chi connectivity index (χ1v) is 15.9. The largest absolute Gasteiger partial charge is 0.371 e. The van der Waals surface area contributed by atoms with Crippen molar-refractivity contribution in [2.75, 3.05) is 6.54 Å². The van der Waals surface area contributed by atoms with Crippen LogP contribution in [-0.2, 0) is 4.79 Å². The van der Waals surface area contributed by atoms with Gasteiger partial charge in [0.15, 0.2) is 0 Å². The SMILES string of the molecule is O=C(CCCCCCCCCCCCCCCCCCCCCCCCCCCNC(=S)S)NO. The minimum absolute atomic E-state index is 0.260. The van der Waals surface area contributed by atoms with Crippen LogP contribution in [0.5, 0.6) is 0 Å². The highest BCUT2D eigenvalue weighted by Gasteiger charge is 1.99. The molecule has 0 rings (SSSR count). The zero-order valence-corrected chi connectivity index (χ0v) is 24.5. The van der Waals surface area contributed by atoms with Crippen LogP contribution in [0.15, 0.2) is 0 Å². The van der Waals surface area contributed by atoms with Crippen molar-refractivity contribution in [3.8, 4) is 0 Å². The molecule has 0 aliphatic rings. The van der Waals surface area contributed by atoms with Gasteiger partial charge in [-0.1, -0.05) is 160 Å². The second-order valence-electron chi connectivity index (χ2n) is 10.4. The van der Waals surface area contributed by atoms with Gasteiger partial charge in [0.05, 0.1) is 0 Å². The third-order valence-electron chi connectivity index (χ3n) is 6.98. The van der Waals surface area contributed by atoms with Gasteiger partial charge >= 0.3 is 0 Å². The van der Waals surface area contributed by atoms with Gasteiger partial charge in [-0.3, -0.25) is 10.0 Å². The van der Waals surface area contributed by atoms with E-state index in [4.69, 9.17) is 17.4 Å². The highest BCUT2D eigenvalue weighted by molar-refractivity contribution is 8.11. The number of thiol groups is 1. The topological polar surface area (TPSA) is 61.4 Å². The zero-order valence-electron chi connectivity index (χ0n) is 22.8. The fraction of sp³-hybridized carbons (Fsp3) is 0.931. The molecule has 35 heavy (non-hydrogen) atoms. The molecule has 0 aromatic rings. The Morgan fingerprint density at radius 1 is 0.514 bits per heavy atom. The lowest BCUT2D eigenvalue weighted by molar-refractivity contribution is -0.129. The molecule has 0 bridgehead atoms. The summed E-state index contributed by atoms with van der Waals surface area (Å²) in [7, 11) is 0. The first-order chi connectivity index (χ1) is 17.2. The lowest BCUT2D eigenvalue weighted by atomic mass is 10.0. The van der Waals surface area contributed by atoms with E-state index in [0.717, 1.165) is 19.4 Å². The standard InChI is InChI=1S/C29H58N2O2S2/c32-28(31-33)26-24-22-20-18-16-14-12-10-8-6-4-2-1-3-5-7-9-11-13-15-17-19-21-23-25-27-30-29(34)35/h33H,1-27H2,(H,31,32)(H2,30,34,35). The normalized spacial score (nSPS) is 11.0. The molecule has 0 aromatic carbocycles. The predicted molar refractivity (Wildman–Crippen MR) is 160 cm³/mol. The maximum Gasteiger partial charge on any atom is 0.243 e. The molecule has 6 heteroatoms. The first-order valence-electron chi connectivity index (χ1n) is 15.1. The highest BCUT2D eigenvalue weighted by Crippen LogP contribution is 2.16. The molecule has 0 saturated heterocycles. The second-order valence-corrected chi connectivity index (χ2v) is 11.5. The summed E-state index contributed by atoms with van der Waals surface area (Å²) in [5.74, 6) is -0.260. The van der Waals surface area contributed by atoms with Crippen LogP contribution < -0.4 is 10.8 Å². The Bertz CT molecular complexity index is 464. The number of thiocarbonyl (C=S) groups is 1. The Morgan fingerprint density at radius 2 is 0.771 bits per heavy atom. The van der Waals surface area contributed by atoms with Gasteiger partial charge in [-0.05, 0) is 12.8 Å². The quantitative estimate of drug-likeness (QED) is 0.0267. The Morgan fingerprint density at radius 3 is 1.03 bits per heavy atom. The molecule has 0 aliphatic carbocycles. The van der Waals surface area contributed by atoms with Crippen molar-refractivity contribution in [2.24, 2.45) is 0 Å². The molecular formula is C29H58N2O2S2. The summed E-state index contributed by atoms with van der Waals surface area (Å²) in [6, 6.07) is 0. The van der Waals surface area contributed by atoms with Gasteiger partial charge in [0, 0.05) is 13.0 Å². The molecule has 0 spiro atoms. The van der Waals surface area contributed by atoms with E-state index in [1.807, 2.05) is 0 Å². The number of amides is 1. The smallest absolute Gasteiger partial charge is 0.243 e. The minimum Gasteiger partial charge on any atom is -0.371 e. The number of rotatable bonds is 28. The van der Waals surface area contributed by atoms with E-state index >= 15 is 0 Å². The molecule has 0 saturated carbocycles. The molecule has 0 heterocycles. The number of carbonyl (C=O) groups is 1. The first kappa shape index (κ1) is 34.7. The average Bonchev–Trinajstić information content (AvgIpc) is 2.85. The minimum atomic E-state index is -0.260. The zero-order chi connectivity index (χ0) is 25.7. The van der Waals surface area contributed by atoms with Crippen LogP contribution >= 0.6 is 24.8 Å². The molecule has 0 unspecified atom stereocenters. The lowest BCUT2D eigenvalue weighted by Crippen LogP contribution is -2.17.